The Balaban J connectivity index is 2.63. The van der Waals surface area contributed by atoms with Crippen LogP contribution >= 0.6 is 46.6 Å². The van der Waals surface area contributed by atoms with Crippen molar-refractivity contribution in [3.05, 3.63) is 0 Å². The number of rotatable bonds is 2. The third-order valence-corrected chi connectivity index (χ3v) is 1.70. The molecule has 0 aromatic rings. The van der Waals surface area contributed by atoms with E-state index in [1.54, 1.807) is 0 Å². The van der Waals surface area contributed by atoms with Gasteiger partial charge in [0, 0.05) is 0 Å². The number of halogens is 3. The number of alkyl halides is 3. The Labute approximate surface area is 56.1 Å². The van der Waals surface area contributed by atoms with Crippen LogP contribution in [-0.4, -0.2) is 9.38 Å². The fourth-order valence-electron chi connectivity index (χ4n) is 0.0476. The van der Waals surface area contributed by atoms with Gasteiger partial charge >= 0.3 is 0 Å². The molecule has 0 amide bonds. The Hall–Kier alpha value is 1.22. The molecule has 0 radical (unpaired) electrons. The minimum Gasteiger partial charge on any atom is -0.115 e. The zero-order valence-electron chi connectivity index (χ0n) is 2.83. The smallest absolute Gasteiger partial charge is 0.115 e. The van der Waals surface area contributed by atoms with Crippen LogP contribution in [0.3, 0.4) is 0 Å². The Bertz CT molecular complexity index is 30.0. The van der Waals surface area contributed by atoms with E-state index in [-0.39, 0.29) is 4.17 Å². The van der Waals surface area contributed by atoms with Crippen LogP contribution in [-0.2, 0) is 0 Å². The van der Waals surface area contributed by atoms with Crippen molar-refractivity contribution in [2.24, 2.45) is 0 Å². The first-order chi connectivity index (χ1) is 2.77. The van der Waals surface area contributed by atoms with Crippen molar-refractivity contribution < 1.29 is 0 Å². The third kappa shape index (κ3) is 5.22. The summed E-state index contributed by atoms with van der Waals surface area (Å²) < 4.78 is -0.373. The molecule has 0 fully saturated rings. The van der Waals surface area contributed by atoms with Gasteiger partial charge in [0.25, 0.3) is 0 Å². The monoisotopic (exact) mass is 164 g/mol. The van der Waals surface area contributed by atoms with E-state index in [9.17, 15) is 0 Å². The lowest BCUT2D eigenvalue weighted by Crippen LogP contribution is -1.72. The second-order valence-electron chi connectivity index (χ2n) is 0.536. The molecule has 0 heterocycles. The Morgan fingerprint density at radius 3 is 2.00 bits per heavy atom. The van der Waals surface area contributed by atoms with E-state index in [4.69, 9.17) is 34.8 Å². The molecule has 0 aliphatic rings. The van der Waals surface area contributed by atoms with Crippen molar-refractivity contribution in [2.75, 3.05) is 5.21 Å². The average Bonchev–Trinajstić information content (AvgIpc) is 1.35. The molecule has 0 aliphatic heterocycles. The van der Waals surface area contributed by atoms with E-state index >= 15 is 0 Å². The first kappa shape index (κ1) is 7.22. The first-order valence-corrected chi connectivity index (χ1v) is 3.68. The highest BCUT2D eigenvalue weighted by atomic mass is 35.5. The highest BCUT2D eigenvalue weighted by molar-refractivity contribution is 8.03. The normalized spacial score (nSPS) is 10.0. The van der Waals surface area contributed by atoms with Gasteiger partial charge in [-0.2, -0.15) is 0 Å². The third-order valence-electron chi connectivity index (χ3n) is 0.189. The van der Waals surface area contributed by atoms with Crippen molar-refractivity contribution in [3.63, 3.8) is 0 Å². The van der Waals surface area contributed by atoms with Crippen molar-refractivity contribution >= 4 is 46.6 Å². The molecule has 0 nitrogen and oxygen atoms in total. The summed E-state index contributed by atoms with van der Waals surface area (Å²) >= 11 is 16.9. The van der Waals surface area contributed by atoms with Gasteiger partial charge in [-0.15, -0.1) is 23.4 Å². The Kier molecular flexibility index (Phi) is 5.27. The van der Waals surface area contributed by atoms with E-state index in [1.807, 2.05) is 0 Å². The van der Waals surface area contributed by atoms with Crippen LogP contribution < -0.4 is 0 Å². The second kappa shape index (κ2) is 4.38. The number of hydrogen-bond donors (Lipinski definition) is 0. The fourth-order valence-corrected chi connectivity index (χ4v) is 1.29. The molecular formula is C2H3Cl3S. The highest BCUT2D eigenvalue weighted by Gasteiger charge is 1.92. The molecule has 0 aromatic carbocycles. The van der Waals surface area contributed by atoms with Crippen molar-refractivity contribution in [3.8, 4) is 0 Å². The van der Waals surface area contributed by atoms with Crippen molar-refractivity contribution in [1.82, 2.24) is 0 Å². The Morgan fingerprint density at radius 1 is 1.50 bits per heavy atom. The summed E-state index contributed by atoms with van der Waals surface area (Å²) in [5.74, 6) is 0. The maximum atomic E-state index is 5.22. The van der Waals surface area contributed by atoms with E-state index in [0.29, 0.717) is 5.21 Å². The fraction of sp³-hybridized carbons (Fsp3) is 1.00. The molecular weight excluding hydrogens is 162 g/mol. The summed E-state index contributed by atoms with van der Waals surface area (Å²) in [6.45, 7) is 0. The first-order valence-electron chi connectivity index (χ1n) is 1.23. The zero-order chi connectivity index (χ0) is 4.99. The lowest BCUT2D eigenvalue weighted by atomic mass is 11.8. The van der Waals surface area contributed by atoms with Crippen LogP contribution in [0.15, 0.2) is 0 Å². The summed E-state index contributed by atoms with van der Waals surface area (Å²) in [5, 5.41) is 0.456. The molecule has 6 heavy (non-hydrogen) atoms. The molecule has 0 rings (SSSR count). The quantitative estimate of drug-likeness (QED) is 0.567. The summed E-state index contributed by atoms with van der Waals surface area (Å²) in [6, 6.07) is 0. The molecule has 0 spiro atoms. The van der Waals surface area contributed by atoms with Gasteiger partial charge in [-0.1, -0.05) is 23.2 Å². The van der Waals surface area contributed by atoms with Gasteiger partial charge < -0.3 is 0 Å². The van der Waals surface area contributed by atoms with Gasteiger partial charge in [-0.05, 0) is 0 Å². The predicted octanol–water partition coefficient (Wildman–Crippen LogP) is 2.68. The molecule has 0 aliphatic carbocycles. The van der Waals surface area contributed by atoms with Gasteiger partial charge in [0.2, 0.25) is 0 Å². The molecule has 0 saturated heterocycles. The summed E-state index contributed by atoms with van der Waals surface area (Å²) in [4.78, 5) is 0. The van der Waals surface area contributed by atoms with Crippen LogP contribution in [0, 0.1) is 0 Å². The van der Waals surface area contributed by atoms with Gasteiger partial charge in [-0.3, -0.25) is 0 Å². The lowest BCUT2D eigenvalue weighted by molar-refractivity contribution is 1.95. The van der Waals surface area contributed by atoms with Crippen LogP contribution in [0.1, 0.15) is 0 Å². The van der Waals surface area contributed by atoms with Gasteiger partial charge in [0.15, 0.2) is 4.17 Å². The Morgan fingerprint density at radius 2 is 2.00 bits per heavy atom. The molecule has 0 N–H and O–H groups in total. The lowest BCUT2D eigenvalue weighted by Gasteiger charge is -1.89. The molecule has 4 heteroatoms. The van der Waals surface area contributed by atoms with Crippen LogP contribution in [0.2, 0.25) is 0 Å². The van der Waals surface area contributed by atoms with Crippen molar-refractivity contribution in [1.29, 1.82) is 0 Å². The van der Waals surface area contributed by atoms with E-state index in [0.717, 1.165) is 0 Å². The number of thioether (sulfide) groups is 1. The average molecular weight is 165 g/mol. The predicted molar refractivity (Wildman–Crippen MR) is 33.8 cm³/mol. The molecule has 0 bridgehead atoms. The summed E-state index contributed by atoms with van der Waals surface area (Å²) in [5.41, 5.74) is 0. The summed E-state index contributed by atoms with van der Waals surface area (Å²) in [7, 11) is 0. The van der Waals surface area contributed by atoms with E-state index < -0.39 is 0 Å². The van der Waals surface area contributed by atoms with E-state index in [2.05, 4.69) is 0 Å². The second-order valence-corrected chi connectivity index (χ2v) is 3.83. The molecule has 0 atom stereocenters. The topological polar surface area (TPSA) is 0 Å². The maximum Gasteiger partial charge on any atom is 0.154 e. The van der Waals surface area contributed by atoms with Gasteiger partial charge in [0.1, 0.15) is 0 Å². The van der Waals surface area contributed by atoms with Gasteiger partial charge in [-0.25, -0.2) is 0 Å². The number of hydrogen-bond acceptors (Lipinski definition) is 1. The standard InChI is InChI=1S/C2H3Cl3S/c3-1-6-2(4)5/h2H,1H2. The largest absolute Gasteiger partial charge is 0.154 e. The molecule has 0 saturated carbocycles. The zero-order valence-corrected chi connectivity index (χ0v) is 5.91. The highest BCUT2D eigenvalue weighted by Crippen LogP contribution is 2.19. The minimum absolute atomic E-state index is 0.373. The maximum absolute atomic E-state index is 5.22. The molecule has 0 aromatic heterocycles. The van der Waals surface area contributed by atoms with Crippen LogP contribution in [0.25, 0.3) is 0 Å². The van der Waals surface area contributed by atoms with Gasteiger partial charge in [0.05, 0.1) is 5.21 Å². The molecule has 0 unspecified atom stereocenters. The van der Waals surface area contributed by atoms with Crippen LogP contribution in [0.4, 0.5) is 0 Å². The summed E-state index contributed by atoms with van der Waals surface area (Å²) in [6.07, 6.45) is 0. The molecule has 38 valence electrons. The SMILES string of the molecule is ClCSC(Cl)Cl. The van der Waals surface area contributed by atoms with Crippen LogP contribution in [0.5, 0.6) is 0 Å². The minimum atomic E-state index is -0.373. The van der Waals surface area contributed by atoms with E-state index in [1.165, 1.54) is 11.8 Å². The van der Waals surface area contributed by atoms with Crippen molar-refractivity contribution in [2.45, 2.75) is 4.17 Å².